The molecule has 0 radical (unpaired) electrons. The maximum absolute atomic E-state index is 5.89. The van der Waals surface area contributed by atoms with E-state index in [1.165, 1.54) is 4.88 Å². The van der Waals surface area contributed by atoms with Gasteiger partial charge in [0.2, 0.25) is 0 Å². The smallest absolute Gasteiger partial charge is 0.0931 e. The van der Waals surface area contributed by atoms with Gasteiger partial charge in [-0.3, -0.25) is 16.0 Å². The lowest BCUT2D eigenvalue weighted by molar-refractivity contribution is 0.511. The largest absolute Gasteiger partial charge is 0.271 e. The van der Waals surface area contributed by atoms with Gasteiger partial charge in [-0.25, -0.2) is 0 Å². The van der Waals surface area contributed by atoms with Gasteiger partial charge in [-0.1, -0.05) is 11.6 Å². The molecule has 2 heterocycles. The SMILES string of the molecule is Cn1nccc1C(Cc1ccc(Cl)s1)NN. The Morgan fingerprint density at radius 1 is 1.56 bits per heavy atom. The second kappa shape index (κ2) is 4.97. The average molecular weight is 257 g/mol. The Balaban J connectivity index is 2.15. The number of hydrogen-bond acceptors (Lipinski definition) is 4. The molecule has 0 saturated heterocycles. The Labute approximate surface area is 103 Å². The van der Waals surface area contributed by atoms with Crippen LogP contribution in [-0.4, -0.2) is 9.78 Å². The summed E-state index contributed by atoms with van der Waals surface area (Å²) in [6.07, 6.45) is 2.58. The maximum Gasteiger partial charge on any atom is 0.0931 e. The van der Waals surface area contributed by atoms with E-state index in [-0.39, 0.29) is 6.04 Å². The molecule has 1 unspecified atom stereocenters. The minimum Gasteiger partial charge on any atom is -0.271 e. The Kier molecular flexibility index (Phi) is 3.60. The molecule has 0 fully saturated rings. The monoisotopic (exact) mass is 256 g/mol. The van der Waals surface area contributed by atoms with Gasteiger partial charge in [-0.05, 0) is 18.2 Å². The molecule has 0 aliphatic carbocycles. The minimum atomic E-state index is 0.0576. The van der Waals surface area contributed by atoms with Gasteiger partial charge in [0, 0.05) is 24.5 Å². The predicted molar refractivity (Wildman–Crippen MR) is 66.3 cm³/mol. The number of rotatable bonds is 4. The van der Waals surface area contributed by atoms with Gasteiger partial charge in [0.05, 0.1) is 16.1 Å². The Morgan fingerprint density at radius 2 is 2.38 bits per heavy atom. The molecule has 0 spiro atoms. The number of nitrogens with two attached hydrogens (primary N) is 1. The van der Waals surface area contributed by atoms with Crippen molar-refractivity contribution < 1.29 is 0 Å². The molecular weight excluding hydrogens is 244 g/mol. The van der Waals surface area contributed by atoms with Crippen LogP contribution < -0.4 is 11.3 Å². The number of aryl methyl sites for hydroxylation is 1. The fraction of sp³-hybridized carbons (Fsp3) is 0.300. The number of hydrazine groups is 1. The summed E-state index contributed by atoms with van der Waals surface area (Å²) < 4.78 is 2.62. The van der Waals surface area contributed by atoms with Crippen LogP contribution in [-0.2, 0) is 13.5 Å². The van der Waals surface area contributed by atoms with E-state index in [1.807, 2.05) is 29.9 Å². The third-order valence-electron chi connectivity index (χ3n) is 2.45. The Morgan fingerprint density at radius 3 is 2.88 bits per heavy atom. The summed E-state index contributed by atoms with van der Waals surface area (Å²) in [7, 11) is 1.90. The van der Waals surface area contributed by atoms with Crippen LogP contribution in [0.2, 0.25) is 4.34 Å². The highest BCUT2D eigenvalue weighted by Crippen LogP contribution is 2.26. The van der Waals surface area contributed by atoms with Crippen LogP contribution in [0.1, 0.15) is 16.6 Å². The standard InChI is InChI=1S/C10H13ClN4S/c1-15-9(4-5-13-15)8(14-12)6-7-2-3-10(11)16-7/h2-5,8,14H,6,12H2,1H3. The number of nitrogens with zero attached hydrogens (tertiary/aromatic N) is 2. The van der Waals surface area contributed by atoms with Crippen LogP contribution in [0, 0.1) is 0 Å². The van der Waals surface area contributed by atoms with Gasteiger partial charge in [0.1, 0.15) is 0 Å². The molecule has 1 atom stereocenters. The number of nitrogens with one attached hydrogen (secondary N) is 1. The molecule has 0 aliphatic heterocycles. The first kappa shape index (κ1) is 11.6. The molecule has 0 saturated carbocycles. The van der Waals surface area contributed by atoms with E-state index in [2.05, 4.69) is 10.5 Å². The molecule has 2 rings (SSSR count). The van der Waals surface area contributed by atoms with E-state index >= 15 is 0 Å². The molecule has 86 valence electrons. The zero-order valence-electron chi connectivity index (χ0n) is 8.85. The second-order valence-electron chi connectivity index (χ2n) is 3.51. The van der Waals surface area contributed by atoms with Gasteiger partial charge >= 0.3 is 0 Å². The van der Waals surface area contributed by atoms with E-state index in [1.54, 1.807) is 17.5 Å². The zero-order valence-corrected chi connectivity index (χ0v) is 10.4. The van der Waals surface area contributed by atoms with Crippen molar-refractivity contribution in [1.82, 2.24) is 15.2 Å². The van der Waals surface area contributed by atoms with Gasteiger partial charge in [-0.15, -0.1) is 11.3 Å². The van der Waals surface area contributed by atoms with E-state index < -0.39 is 0 Å². The van der Waals surface area contributed by atoms with Crippen molar-refractivity contribution in [3.8, 4) is 0 Å². The highest BCUT2D eigenvalue weighted by atomic mass is 35.5. The lowest BCUT2D eigenvalue weighted by Crippen LogP contribution is -2.30. The molecule has 6 heteroatoms. The summed E-state index contributed by atoms with van der Waals surface area (Å²) in [5.41, 5.74) is 3.87. The molecule has 16 heavy (non-hydrogen) atoms. The number of hydrogen-bond donors (Lipinski definition) is 2. The van der Waals surface area contributed by atoms with Crippen molar-refractivity contribution in [1.29, 1.82) is 0 Å². The number of thiophene rings is 1. The predicted octanol–water partition coefficient (Wildman–Crippen LogP) is 1.88. The van der Waals surface area contributed by atoms with Crippen LogP contribution in [0.5, 0.6) is 0 Å². The van der Waals surface area contributed by atoms with Crippen molar-refractivity contribution in [2.75, 3.05) is 0 Å². The van der Waals surface area contributed by atoms with Gasteiger partial charge < -0.3 is 0 Å². The Bertz CT molecular complexity index is 465. The van der Waals surface area contributed by atoms with Crippen molar-refractivity contribution in [2.24, 2.45) is 12.9 Å². The summed E-state index contributed by atoms with van der Waals surface area (Å²) in [5, 5.41) is 4.13. The first-order valence-electron chi connectivity index (χ1n) is 4.89. The van der Waals surface area contributed by atoms with Crippen LogP contribution in [0.3, 0.4) is 0 Å². The molecular formula is C10H13ClN4S. The molecule has 0 amide bonds. The van der Waals surface area contributed by atoms with Gasteiger partial charge in [-0.2, -0.15) is 5.10 Å². The summed E-state index contributed by atoms with van der Waals surface area (Å²) in [4.78, 5) is 1.20. The second-order valence-corrected chi connectivity index (χ2v) is 5.31. The molecule has 0 bridgehead atoms. The van der Waals surface area contributed by atoms with Gasteiger partial charge in [0.15, 0.2) is 0 Å². The normalized spacial score (nSPS) is 12.9. The van der Waals surface area contributed by atoms with Crippen LogP contribution in [0.25, 0.3) is 0 Å². The summed E-state index contributed by atoms with van der Waals surface area (Å²) in [6, 6.07) is 5.94. The Hall–Kier alpha value is -0.880. The van der Waals surface area contributed by atoms with E-state index in [0.717, 1.165) is 16.5 Å². The fourth-order valence-corrected chi connectivity index (χ4v) is 2.77. The maximum atomic E-state index is 5.89. The molecule has 0 aromatic carbocycles. The van der Waals surface area contributed by atoms with Crippen molar-refractivity contribution in [3.63, 3.8) is 0 Å². The summed E-state index contributed by atoms with van der Waals surface area (Å²) in [5.74, 6) is 5.57. The zero-order chi connectivity index (χ0) is 11.5. The first-order chi connectivity index (χ1) is 7.70. The molecule has 2 aromatic rings. The van der Waals surface area contributed by atoms with Crippen molar-refractivity contribution in [2.45, 2.75) is 12.5 Å². The topological polar surface area (TPSA) is 55.9 Å². The highest BCUT2D eigenvalue weighted by Gasteiger charge is 2.14. The average Bonchev–Trinajstić information content (AvgIpc) is 2.84. The first-order valence-corrected chi connectivity index (χ1v) is 6.08. The summed E-state index contributed by atoms with van der Waals surface area (Å²) >= 11 is 7.47. The lowest BCUT2D eigenvalue weighted by Gasteiger charge is -2.15. The highest BCUT2D eigenvalue weighted by molar-refractivity contribution is 7.16. The van der Waals surface area contributed by atoms with E-state index in [4.69, 9.17) is 17.4 Å². The molecule has 2 aromatic heterocycles. The van der Waals surface area contributed by atoms with E-state index in [9.17, 15) is 0 Å². The van der Waals surface area contributed by atoms with Crippen LogP contribution >= 0.6 is 22.9 Å². The van der Waals surface area contributed by atoms with Crippen LogP contribution in [0.4, 0.5) is 0 Å². The molecule has 4 nitrogen and oxygen atoms in total. The van der Waals surface area contributed by atoms with E-state index in [0.29, 0.717) is 0 Å². The minimum absolute atomic E-state index is 0.0576. The number of halogens is 1. The van der Waals surface area contributed by atoms with Gasteiger partial charge in [0.25, 0.3) is 0 Å². The third kappa shape index (κ3) is 2.44. The van der Waals surface area contributed by atoms with Crippen molar-refractivity contribution >= 4 is 22.9 Å². The van der Waals surface area contributed by atoms with Crippen LogP contribution in [0.15, 0.2) is 24.4 Å². The lowest BCUT2D eigenvalue weighted by atomic mass is 10.1. The molecule has 3 N–H and O–H groups in total. The van der Waals surface area contributed by atoms with Crippen molar-refractivity contribution in [3.05, 3.63) is 39.3 Å². The number of aromatic nitrogens is 2. The third-order valence-corrected chi connectivity index (χ3v) is 3.70. The fourth-order valence-electron chi connectivity index (χ4n) is 1.64. The quantitative estimate of drug-likeness (QED) is 0.649. The molecule has 0 aliphatic rings. The summed E-state index contributed by atoms with van der Waals surface area (Å²) in [6.45, 7) is 0.